The Morgan fingerprint density at radius 2 is 1.81 bits per heavy atom. The van der Waals surface area contributed by atoms with Crippen LogP contribution in [0.15, 0.2) is 42.0 Å². The summed E-state index contributed by atoms with van der Waals surface area (Å²) in [4.78, 5) is 13.0. The molecule has 0 atom stereocenters. The number of carboxylic acids is 1. The molecule has 12 heteroatoms. The predicted octanol–water partition coefficient (Wildman–Crippen LogP) is 6.05. The molecule has 2 aliphatic heterocycles. The van der Waals surface area contributed by atoms with Gasteiger partial charge >= 0.3 is 18.3 Å². The summed E-state index contributed by atoms with van der Waals surface area (Å²) in [6.45, 7) is 0.994. The Labute approximate surface area is 206 Å². The molecule has 5 nitrogen and oxygen atoms in total. The Balaban J connectivity index is 1.50. The highest BCUT2D eigenvalue weighted by molar-refractivity contribution is 6.49. The van der Waals surface area contributed by atoms with Crippen molar-refractivity contribution in [3.63, 3.8) is 0 Å². The molecule has 0 unspecified atom stereocenters. The number of alkyl halides is 6. The first-order valence-electron chi connectivity index (χ1n) is 10.8. The Morgan fingerprint density at radius 1 is 1.08 bits per heavy atom. The largest absolute Gasteiger partial charge is 0.492 e. The van der Waals surface area contributed by atoms with Crippen LogP contribution < -0.4 is 9.47 Å². The molecule has 0 amide bonds. The van der Waals surface area contributed by atoms with Crippen LogP contribution in [-0.2, 0) is 23.8 Å². The maximum atomic E-state index is 13.4. The van der Waals surface area contributed by atoms with Crippen molar-refractivity contribution < 1.29 is 45.7 Å². The van der Waals surface area contributed by atoms with Crippen LogP contribution in [0.4, 0.5) is 26.3 Å². The van der Waals surface area contributed by atoms with E-state index in [9.17, 15) is 31.1 Å². The second kappa shape index (κ2) is 9.85. The fraction of sp³-hybridized carbons (Fsp3) is 0.375. The molecule has 1 fully saturated rings. The SMILES string of the molecule is O=C(O)C1CN(CC2=C(Cl)c3ccc(OCc4ccc(C(F)(F)F)cc4C(F)(F)F)cc3OCC2)C1. The van der Waals surface area contributed by atoms with Crippen LogP contribution in [0, 0.1) is 5.92 Å². The van der Waals surface area contributed by atoms with Gasteiger partial charge in [0.25, 0.3) is 0 Å². The van der Waals surface area contributed by atoms with Gasteiger partial charge in [0.1, 0.15) is 18.1 Å². The number of halogens is 7. The molecule has 4 rings (SSSR count). The molecule has 0 saturated carbocycles. The molecule has 2 aromatic carbocycles. The van der Waals surface area contributed by atoms with Gasteiger partial charge in [0.05, 0.1) is 28.7 Å². The lowest BCUT2D eigenvalue weighted by Gasteiger charge is -2.37. The summed E-state index contributed by atoms with van der Waals surface area (Å²) in [6.07, 6.45) is -9.40. The molecule has 0 spiro atoms. The van der Waals surface area contributed by atoms with E-state index in [0.717, 1.165) is 11.6 Å². The monoisotopic (exact) mass is 535 g/mol. The van der Waals surface area contributed by atoms with Crippen molar-refractivity contribution in [1.82, 2.24) is 4.90 Å². The molecule has 2 aliphatic rings. The summed E-state index contributed by atoms with van der Waals surface area (Å²) in [7, 11) is 0. The van der Waals surface area contributed by atoms with E-state index in [1.165, 1.54) is 12.1 Å². The van der Waals surface area contributed by atoms with E-state index < -0.39 is 47.5 Å². The van der Waals surface area contributed by atoms with Gasteiger partial charge in [-0.25, -0.2) is 0 Å². The van der Waals surface area contributed by atoms with Crippen molar-refractivity contribution in [2.75, 3.05) is 26.2 Å². The minimum atomic E-state index is -4.99. The first-order chi connectivity index (χ1) is 16.8. The van der Waals surface area contributed by atoms with Crippen molar-refractivity contribution in [3.8, 4) is 11.5 Å². The molecule has 1 N–H and O–H groups in total. The van der Waals surface area contributed by atoms with Gasteiger partial charge < -0.3 is 14.6 Å². The van der Waals surface area contributed by atoms with E-state index in [1.54, 1.807) is 6.07 Å². The topological polar surface area (TPSA) is 59.0 Å². The zero-order chi connectivity index (χ0) is 26.3. The molecular formula is C24H20ClF6NO4. The summed E-state index contributed by atoms with van der Waals surface area (Å²) in [6, 6.07) is 5.93. The highest BCUT2D eigenvalue weighted by Gasteiger charge is 2.38. The zero-order valence-corrected chi connectivity index (χ0v) is 19.3. The van der Waals surface area contributed by atoms with Gasteiger partial charge in [0.2, 0.25) is 0 Å². The van der Waals surface area contributed by atoms with E-state index in [2.05, 4.69) is 0 Å². The summed E-state index contributed by atoms with van der Waals surface area (Å²) in [5.41, 5.74) is -1.84. The molecule has 2 heterocycles. The van der Waals surface area contributed by atoms with Gasteiger partial charge in [-0.1, -0.05) is 17.7 Å². The van der Waals surface area contributed by atoms with Crippen LogP contribution in [0.25, 0.3) is 5.03 Å². The van der Waals surface area contributed by atoms with Crippen LogP contribution in [0.2, 0.25) is 0 Å². The second-order valence-electron chi connectivity index (χ2n) is 8.56. The lowest BCUT2D eigenvalue weighted by molar-refractivity contribution is -0.147. The Hall–Kier alpha value is -2.92. The number of carboxylic acid groups (broad SMARTS) is 1. The standard InChI is InChI=1S/C24H20ClF6NO4/c25-21-13(9-32-10-15(11-32)22(33)34)5-6-35-20-8-17(3-4-18(20)21)36-12-14-1-2-16(23(26,27)28)7-19(14)24(29,30)31/h1-4,7-8,15H,5-6,9-12H2,(H,33,34). The zero-order valence-electron chi connectivity index (χ0n) is 18.5. The number of benzene rings is 2. The fourth-order valence-electron chi connectivity index (χ4n) is 4.05. The smallest absolute Gasteiger partial charge is 0.416 e. The van der Waals surface area contributed by atoms with Gasteiger partial charge in [0, 0.05) is 43.2 Å². The maximum Gasteiger partial charge on any atom is 0.416 e. The number of hydrogen-bond acceptors (Lipinski definition) is 4. The fourth-order valence-corrected chi connectivity index (χ4v) is 4.37. The molecule has 194 valence electrons. The average molecular weight is 536 g/mol. The van der Waals surface area contributed by atoms with Crippen molar-refractivity contribution in [3.05, 3.63) is 64.2 Å². The van der Waals surface area contributed by atoms with E-state index >= 15 is 0 Å². The quantitative estimate of drug-likeness (QED) is 0.456. The molecular weight excluding hydrogens is 516 g/mol. The van der Waals surface area contributed by atoms with Crippen molar-refractivity contribution >= 4 is 22.6 Å². The number of fused-ring (bicyclic) bond motifs is 1. The van der Waals surface area contributed by atoms with Gasteiger partial charge in [-0.3, -0.25) is 9.69 Å². The van der Waals surface area contributed by atoms with Gasteiger partial charge in [0.15, 0.2) is 0 Å². The number of likely N-dealkylation sites (tertiary alicyclic amines) is 1. The van der Waals surface area contributed by atoms with E-state index in [1.807, 2.05) is 4.90 Å². The summed E-state index contributed by atoms with van der Waals surface area (Å²) < 4.78 is 90.0. The third-order valence-electron chi connectivity index (χ3n) is 6.02. The normalized spacial score (nSPS) is 17.2. The highest BCUT2D eigenvalue weighted by Crippen LogP contribution is 2.40. The minimum Gasteiger partial charge on any atom is -0.492 e. The molecule has 0 aromatic heterocycles. The number of carbonyl (C=O) groups is 1. The predicted molar refractivity (Wildman–Crippen MR) is 118 cm³/mol. The third-order valence-corrected chi connectivity index (χ3v) is 6.49. The van der Waals surface area contributed by atoms with Crippen LogP contribution in [0.3, 0.4) is 0 Å². The van der Waals surface area contributed by atoms with E-state index in [0.29, 0.717) is 48.5 Å². The number of rotatable bonds is 6. The summed E-state index contributed by atoms with van der Waals surface area (Å²) in [5, 5.41) is 9.47. The molecule has 2 aromatic rings. The van der Waals surface area contributed by atoms with E-state index in [4.69, 9.17) is 26.2 Å². The molecule has 0 radical (unpaired) electrons. The molecule has 1 saturated heterocycles. The highest BCUT2D eigenvalue weighted by atomic mass is 35.5. The Bertz CT molecular complexity index is 1190. The van der Waals surface area contributed by atoms with Crippen LogP contribution >= 0.6 is 11.6 Å². The van der Waals surface area contributed by atoms with Crippen LogP contribution in [0.1, 0.15) is 28.7 Å². The van der Waals surface area contributed by atoms with Crippen molar-refractivity contribution in [2.24, 2.45) is 5.92 Å². The maximum absolute atomic E-state index is 13.4. The van der Waals surface area contributed by atoms with Gasteiger partial charge in [-0.15, -0.1) is 0 Å². The van der Waals surface area contributed by atoms with Crippen LogP contribution in [0.5, 0.6) is 11.5 Å². The second-order valence-corrected chi connectivity index (χ2v) is 8.94. The number of ether oxygens (including phenoxy) is 2. The van der Waals surface area contributed by atoms with Gasteiger partial charge in [-0.2, -0.15) is 26.3 Å². The number of hydrogen-bond donors (Lipinski definition) is 1. The summed E-state index contributed by atoms with van der Waals surface area (Å²) >= 11 is 6.59. The molecule has 0 aliphatic carbocycles. The van der Waals surface area contributed by atoms with Crippen molar-refractivity contribution in [2.45, 2.75) is 25.4 Å². The molecule has 0 bridgehead atoms. The van der Waals surface area contributed by atoms with Crippen molar-refractivity contribution in [1.29, 1.82) is 0 Å². The summed E-state index contributed by atoms with van der Waals surface area (Å²) in [5.74, 6) is -0.738. The number of nitrogens with zero attached hydrogens (tertiary/aromatic N) is 1. The van der Waals surface area contributed by atoms with Crippen LogP contribution in [-0.4, -0.2) is 42.2 Å². The minimum absolute atomic E-state index is 0.0712. The average Bonchev–Trinajstić information content (AvgIpc) is 2.91. The first kappa shape index (κ1) is 26.2. The lowest BCUT2D eigenvalue weighted by Crippen LogP contribution is -2.50. The Kier molecular flexibility index (Phi) is 7.16. The third kappa shape index (κ3) is 5.73. The number of aliphatic carboxylic acids is 1. The first-order valence-corrected chi connectivity index (χ1v) is 11.2. The molecule has 36 heavy (non-hydrogen) atoms. The van der Waals surface area contributed by atoms with Gasteiger partial charge in [-0.05, 0) is 29.8 Å². The Morgan fingerprint density at radius 3 is 2.44 bits per heavy atom. The lowest BCUT2D eigenvalue weighted by atomic mass is 9.98. The van der Waals surface area contributed by atoms with E-state index in [-0.39, 0.29) is 18.4 Å².